The van der Waals surface area contributed by atoms with Crippen molar-refractivity contribution in [2.45, 2.75) is 13.5 Å². The summed E-state index contributed by atoms with van der Waals surface area (Å²) in [7, 11) is 0. The zero-order valence-electron chi connectivity index (χ0n) is 7.37. The number of nitrogens with two attached hydrogens (primary N) is 1. The molecule has 0 atom stereocenters. The lowest BCUT2D eigenvalue weighted by Crippen LogP contribution is -1.98. The van der Waals surface area contributed by atoms with Gasteiger partial charge in [0.05, 0.1) is 5.69 Å². The van der Waals surface area contributed by atoms with Gasteiger partial charge in [-0.1, -0.05) is 6.07 Å². The molecule has 0 spiro atoms. The van der Waals surface area contributed by atoms with Gasteiger partial charge in [0.1, 0.15) is 0 Å². The van der Waals surface area contributed by atoms with Gasteiger partial charge in [-0.15, -0.1) is 11.3 Å². The van der Waals surface area contributed by atoms with Crippen LogP contribution in [0.2, 0.25) is 0 Å². The third-order valence-electron chi connectivity index (χ3n) is 1.98. The second-order valence-corrected chi connectivity index (χ2v) is 3.80. The van der Waals surface area contributed by atoms with Crippen LogP contribution in [0.1, 0.15) is 11.4 Å². The summed E-state index contributed by atoms with van der Waals surface area (Å²) in [5.41, 5.74) is 8.79. The maximum absolute atomic E-state index is 5.59. The van der Waals surface area contributed by atoms with Crippen LogP contribution in [0.15, 0.2) is 17.5 Å². The molecule has 13 heavy (non-hydrogen) atoms. The molecule has 3 N–H and O–H groups in total. The highest BCUT2D eigenvalue weighted by Crippen LogP contribution is 2.29. The number of aromatic amines is 1. The second-order valence-electron chi connectivity index (χ2n) is 2.85. The number of hydrogen-bond donors (Lipinski definition) is 2. The van der Waals surface area contributed by atoms with Crippen molar-refractivity contribution < 1.29 is 0 Å². The van der Waals surface area contributed by atoms with Gasteiger partial charge in [0.2, 0.25) is 0 Å². The van der Waals surface area contributed by atoms with Crippen molar-refractivity contribution >= 4 is 11.3 Å². The lowest BCUT2D eigenvalue weighted by molar-refractivity contribution is 0.940. The number of thiophene rings is 1. The van der Waals surface area contributed by atoms with Crippen molar-refractivity contribution in [1.82, 2.24) is 10.2 Å². The molecule has 0 aliphatic rings. The molecule has 0 aromatic carbocycles. The van der Waals surface area contributed by atoms with Gasteiger partial charge in [0.25, 0.3) is 0 Å². The number of aryl methyl sites for hydroxylation is 1. The molecule has 2 heterocycles. The van der Waals surface area contributed by atoms with Gasteiger partial charge in [-0.2, -0.15) is 5.10 Å². The largest absolute Gasteiger partial charge is 0.325 e. The quantitative estimate of drug-likeness (QED) is 0.765. The molecule has 0 unspecified atom stereocenters. The first kappa shape index (κ1) is 8.47. The molecule has 0 bridgehead atoms. The van der Waals surface area contributed by atoms with Crippen molar-refractivity contribution in [2.75, 3.05) is 0 Å². The van der Waals surface area contributed by atoms with Gasteiger partial charge in [-0.3, -0.25) is 5.10 Å². The van der Waals surface area contributed by atoms with Crippen LogP contribution in [0.3, 0.4) is 0 Å². The van der Waals surface area contributed by atoms with Crippen LogP contribution < -0.4 is 5.73 Å². The number of aromatic nitrogens is 2. The van der Waals surface area contributed by atoms with Crippen molar-refractivity contribution in [1.29, 1.82) is 0 Å². The van der Waals surface area contributed by atoms with Crippen LogP contribution in [-0.4, -0.2) is 10.2 Å². The normalized spacial score (nSPS) is 10.6. The number of nitrogens with one attached hydrogen (secondary N) is 1. The molecule has 0 amide bonds. The smallest absolute Gasteiger partial charge is 0.0847 e. The summed E-state index contributed by atoms with van der Waals surface area (Å²) in [5.74, 6) is 0. The van der Waals surface area contributed by atoms with E-state index in [1.165, 1.54) is 4.88 Å². The van der Waals surface area contributed by atoms with Crippen LogP contribution in [0, 0.1) is 6.92 Å². The first-order valence-electron chi connectivity index (χ1n) is 4.10. The van der Waals surface area contributed by atoms with Gasteiger partial charge in [-0.25, -0.2) is 0 Å². The van der Waals surface area contributed by atoms with E-state index in [9.17, 15) is 0 Å². The van der Waals surface area contributed by atoms with E-state index in [0.29, 0.717) is 6.54 Å². The summed E-state index contributed by atoms with van der Waals surface area (Å²) in [4.78, 5) is 1.23. The minimum absolute atomic E-state index is 0.484. The highest BCUT2D eigenvalue weighted by Gasteiger charge is 2.11. The Hall–Kier alpha value is -1.13. The number of rotatable bonds is 2. The summed E-state index contributed by atoms with van der Waals surface area (Å²) in [6, 6.07) is 4.12. The molecule has 0 aliphatic heterocycles. The van der Waals surface area contributed by atoms with E-state index < -0.39 is 0 Å². The van der Waals surface area contributed by atoms with Gasteiger partial charge < -0.3 is 5.73 Å². The lowest BCUT2D eigenvalue weighted by atomic mass is 10.1. The minimum atomic E-state index is 0.484. The Balaban J connectivity index is 2.55. The Morgan fingerprint density at radius 2 is 2.46 bits per heavy atom. The standard InChI is InChI=1S/C9H11N3S/c1-6-9(7(5-10)12-11-6)8-3-2-4-13-8/h2-4H,5,10H2,1H3,(H,11,12). The second kappa shape index (κ2) is 3.32. The van der Waals surface area contributed by atoms with E-state index in [0.717, 1.165) is 17.0 Å². The molecule has 68 valence electrons. The highest BCUT2D eigenvalue weighted by atomic mass is 32.1. The Morgan fingerprint density at radius 1 is 1.62 bits per heavy atom. The van der Waals surface area contributed by atoms with Crippen molar-refractivity contribution in [3.8, 4) is 10.4 Å². The predicted molar refractivity (Wildman–Crippen MR) is 54.5 cm³/mol. The van der Waals surface area contributed by atoms with Gasteiger partial charge >= 0.3 is 0 Å². The van der Waals surface area contributed by atoms with Gasteiger partial charge in [0, 0.05) is 22.7 Å². The van der Waals surface area contributed by atoms with Crippen molar-refractivity contribution in [3.05, 3.63) is 28.9 Å². The third kappa shape index (κ3) is 1.38. The van der Waals surface area contributed by atoms with E-state index in [2.05, 4.69) is 21.6 Å². The summed E-state index contributed by atoms with van der Waals surface area (Å²) in [5, 5.41) is 9.16. The number of H-pyrrole nitrogens is 1. The Kier molecular flexibility index (Phi) is 2.16. The summed E-state index contributed by atoms with van der Waals surface area (Å²) < 4.78 is 0. The van der Waals surface area contributed by atoms with E-state index >= 15 is 0 Å². The van der Waals surface area contributed by atoms with E-state index in [1.807, 2.05) is 13.0 Å². The van der Waals surface area contributed by atoms with E-state index in [-0.39, 0.29) is 0 Å². The van der Waals surface area contributed by atoms with Crippen LogP contribution in [0.4, 0.5) is 0 Å². The molecular weight excluding hydrogens is 182 g/mol. The fraction of sp³-hybridized carbons (Fsp3) is 0.222. The van der Waals surface area contributed by atoms with Gasteiger partial charge in [0.15, 0.2) is 0 Å². The molecule has 2 rings (SSSR count). The summed E-state index contributed by atoms with van der Waals surface area (Å²) in [6.07, 6.45) is 0. The van der Waals surface area contributed by atoms with Gasteiger partial charge in [-0.05, 0) is 18.4 Å². The van der Waals surface area contributed by atoms with Crippen molar-refractivity contribution in [3.63, 3.8) is 0 Å². The fourth-order valence-electron chi connectivity index (χ4n) is 1.38. The molecule has 0 saturated carbocycles. The third-order valence-corrected chi connectivity index (χ3v) is 2.87. The van der Waals surface area contributed by atoms with Crippen LogP contribution >= 0.6 is 11.3 Å². The topological polar surface area (TPSA) is 54.7 Å². The number of hydrogen-bond acceptors (Lipinski definition) is 3. The highest BCUT2D eigenvalue weighted by molar-refractivity contribution is 7.13. The minimum Gasteiger partial charge on any atom is -0.325 e. The number of nitrogens with zero attached hydrogens (tertiary/aromatic N) is 1. The average Bonchev–Trinajstić information content (AvgIpc) is 2.72. The molecular formula is C9H11N3S. The Labute approximate surface area is 80.6 Å². The summed E-state index contributed by atoms with van der Waals surface area (Å²) in [6.45, 7) is 2.50. The first-order valence-corrected chi connectivity index (χ1v) is 4.98. The monoisotopic (exact) mass is 193 g/mol. The predicted octanol–water partition coefficient (Wildman–Crippen LogP) is 1.91. The maximum Gasteiger partial charge on any atom is 0.0847 e. The Bertz CT molecular complexity index is 389. The molecule has 0 radical (unpaired) electrons. The van der Waals surface area contributed by atoms with Crippen molar-refractivity contribution in [2.24, 2.45) is 5.73 Å². The lowest BCUT2D eigenvalue weighted by Gasteiger charge is -1.97. The molecule has 0 fully saturated rings. The molecule has 2 aromatic heterocycles. The maximum atomic E-state index is 5.59. The Morgan fingerprint density at radius 3 is 3.08 bits per heavy atom. The molecule has 4 heteroatoms. The van der Waals surface area contributed by atoms with Crippen LogP contribution in [0.25, 0.3) is 10.4 Å². The molecule has 0 saturated heterocycles. The van der Waals surface area contributed by atoms with Crippen LogP contribution in [-0.2, 0) is 6.54 Å². The van der Waals surface area contributed by atoms with E-state index in [1.54, 1.807) is 11.3 Å². The van der Waals surface area contributed by atoms with Crippen LogP contribution in [0.5, 0.6) is 0 Å². The van der Waals surface area contributed by atoms with E-state index in [4.69, 9.17) is 5.73 Å². The zero-order valence-corrected chi connectivity index (χ0v) is 8.19. The zero-order chi connectivity index (χ0) is 9.26. The first-order chi connectivity index (χ1) is 6.33. The molecule has 0 aliphatic carbocycles. The molecule has 2 aromatic rings. The molecule has 3 nitrogen and oxygen atoms in total. The SMILES string of the molecule is Cc1[nH]nc(CN)c1-c1cccs1. The summed E-state index contributed by atoms with van der Waals surface area (Å²) >= 11 is 1.71. The average molecular weight is 193 g/mol. The fourth-order valence-corrected chi connectivity index (χ4v) is 2.22.